The minimum atomic E-state index is -0.946. The zero-order chi connectivity index (χ0) is 18.6. The Morgan fingerprint density at radius 1 is 1.42 bits per heavy atom. The number of carbonyl (C=O) groups is 2. The zero-order valence-electron chi connectivity index (χ0n) is 14.8. The van der Waals surface area contributed by atoms with Crippen LogP contribution in [0, 0.1) is 5.41 Å². The Kier molecular flexibility index (Phi) is 8.01. The van der Waals surface area contributed by atoms with E-state index in [-0.39, 0.29) is 49.1 Å². The highest BCUT2D eigenvalue weighted by atomic mass is 35.5. The molecule has 0 unspecified atom stereocenters. The molecule has 1 heterocycles. The Hall–Kier alpha value is -2.16. The van der Waals surface area contributed by atoms with Crippen LogP contribution in [0.25, 0.3) is 0 Å². The molecule has 26 heavy (non-hydrogen) atoms. The van der Waals surface area contributed by atoms with Gasteiger partial charge in [0.1, 0.15) is 5.84 Å². The molecule has 0 bridgehead atoms. The van der Waals surface area contributed by atoms with Crippen LogP contribution >= 0.6 is 12.4 Å². The summed E-state index contributed by atoms with van der Waals surface area (Å²) in [4.78, 5) is 28.4. The summed E-state index contributed by atoms with van der Waals surface area (Å²) in [5.41, 5.74) is 7.14. The number of halogens is 1. The number of amidine groups is 1. The van der Waals surface area contributed by atoms with Crippen molar-refractivity contribution >= 4 is 30.1 Å². The van der Waals surface area contributed by atoms with E-state index in [1.807, 2.05) is 19.2 Å². The van der Waals surface area contributed by atoms with Crippen LogP contribution in [0.15, 0.2) is 24.3 Å². The number of nitrogens with one attached hydrogen (secondary N) is 2. The van der Waals surface area contributed by atoms with Gasteiger partial charge in [0.15, 0.2) is 0 Å². The molecule has 9 heteroatoms. The lowest BCUT2D eigenvalue weighted by atomic mass is 9.99. The number of aliphatic carboxylic acids is 1. The number of benzene rings is 1. The minimum Gasteiger partial charge on any atom is -0.481 e. The summed E-state index contributed by atoms with van der Waals surface area (Å²) >= 11 is 0. The molecule has 1 aliphatic heterocycles. The molecule has 2 rings (SSSR count). The number of nitrogens with two attached hydrogens (primary N) is 1. The maximum absolute atomic E-state index is 12.0. The highest BCUT2D eigenvalue weighted by Crippen LogP contribution is 2.34. The Balaban J connectivity index is 0.00000338. The lowest BCUT2D eigenvalue weighted by Gasteiger charge is -2.18. The van der Waals surface area contributed by atoms with Crippen molar-refractivity contribution in [3.63, 3.8) is 0 Å². The van der Waals surface area contributed by atoms with Gasteiger partial charge in [-0.25, -0.2) is 0 Å². The molecule has 1 aromatic carbocycles. The number of carboxylic acid groups (broad SMARTS) is 1. The van der Waals surface area contributed by atoms with Gasteiger partial charge in [-0.05, 0) is 18.9 Å². The van der Waals surface area contributed by atoms with Crippen molar-refractivity contribution in [2.45, 2.75) is 44.4 Å². The van der Waals surface area contributed by atoms with Crippen molar-refractivity contribution in [2.75, 3.05) is 7.05 Å². The van der Waals surface area contributed by atoms with Gasteiger partial charge in [0, 0.05) is 18.7 Å². The second-order valence-electron chi connectivity index (χ2n) is 6.33. The van der Waals surface area contributed by atoms with Crippen LogP contribution < -0.4 is 11.1 Å². The van der Waals surface area contributed by atoms with E-state index >= 15 is 0 Å². The number of carboxylic acids is 1. The normalized spacial score (nSPS) is 20.8. The molecule has 0 radical (unpaired) electrons. The molecule has 5 N–H and O–H groups in total. The van der Waals surface area contributed by atoms with E-state index in [1.165, 1.54) is 0 Å². The molecule has 144 valence electrons. The average molecular weight is 385 g/mol. The summed E-state index contributed by atoms with van der Waals surface area (Å²) in [5.74, 6) is -1.15. The van der Waals surface area contributed by atoms with Crippen molar-refractivity contribution in [3.8, 4) is 0 Å². The maximum Gasteiger partial charge on any atom is 0.305 e. The van der Waals surface area contributed by atoms with Crippen molar-refractivity contribution in [3.05, 3.63) is 35.4 Å². The number of rotatable bonds is 7. The van der Waals surface area contributed by atoms with Gasteiger partial charge in [-0.2, -0.15) is 5.06 Å². The Bertz CT molecular complexity index is 653. The molecular weight excluding hydrogens is 360 g/mol. The van der Waals surface area contributed by atoms with Crippen molar-refractivity contribution in [2.24, 2.45) is 5.73 Å². The molecule has 1 amide bonds. The molecule has 0 spiro atoms. The summed E-state index contributed by atoms with van der Waals surface area (Å²) in [6, 6.07) is 6.98. The highest BCUT2D eigenvalue weighted by molar-refractivity contribution is 5.94. The lowest BCUT2D eigenvalue weighted by Crippen LogP contribution is -2.36. The van der Waals surface area contributed by atoms with Gasteiger partial charge in [0.25, 0.3) is 0 Å². The first kappa shape index (κ1) is 21.9. The van der Waals surface area contributed by atoms with Gasteiger partial charge in [0.2, 0.25) is 5.91 Å². The molecule has 1 aliphatic rings. The maximum atomic E-state index is 12.0. The third-order valence-corrected chi connectivity index (χ3v) is 4.15. The van der Waals surface area contributed by atoms with Crippen LogP contribution in [0.3, 0.4) is 0 Å². The van der Waals surface area contributed by atoms with E-state index in [0.29, 0.717) is 12.0 Å². The minimum absolute atomic E-state index is 0. The van der Waals surface area contributed by atoms with Crippen molar-refractivity contribution < 1.29 is 19.5 Å². The first-order valence-electron chi connectivity index (χ1n) is 8.11. The molecular formula is C17H25ClN4O4. The van der Waals surface area contributed by atoms with Gasteiger partial charge >= 0.3 is 5.97 Å². The molecule has 0 aliphatic carbocycles. The number of hydroxylamine groups is 2. The zero-order valence-corrected chi connectivity index (χ0v) is 15.6. The van der Waals surface area contributed by atoms with E-state index in [0.717, 1.165) is 5.56 Å². The third kappa shape index (κ3) is 5.98. The fraction of sp³-hybridized carbons (Fsp3) is 0.471. The molecule has 1 aromatic rings. The van der Waals surface area contributed by atoms with Crippen LogP contribution in [0.1, 0.15) is 43.4 Å². The van der Waals surface area contributed by atoms with Crippen LogP contribution in [0.5, 0.6) is 0 Å². The number of amides is 1. The van der Waals surface area contributed by atoms with Crippen LogP contribution in [-0.4, -0.2) is 47.1 Å². The fourth-order valence-corrected chi connectivity index (χ4v) is 2.95. The smallest absolute Gasteiger partial charge is 0.305 e. The van der Waals surface area contributed by atoms with E-state index < -0.39 is 12.0 Å². The van der Waals surface area contributed by atoms with Crippen molar-refractivity contribution in [1.82, 2.24) is 10.4 Å². The molecule has 1 fully saturated rings. The monoisotopic (exact) mass is 384 g/mol. The van der Waals surface area contributed by atoms with Gasteiger partial charge in [-0.1, -0.05) is 24.3 Å². The van der Waals surface area contributed by atoms with E-state index in [1.54, 1.807) is 24.1 Å². The summed E-state index contributed by atoms with van der Waals surface area (Å²) in [7, 11) is 1.81. The van der Waals surface area contributed by atoms with Gasteiger partial charge in [0.05, 0.1) is 25.0 Å². The van der Waals surface area contributed by atoms with Gasteiger partial charge < -0.3 is 16.2 Å². The topological polar surface area (TPSA) is 129 Å². The van der Waals surface area contributed by atoms with Crippen LogP contribution in [0.2, 0.25) is 0 Å². The quantitative estimate of drug-likeness (QED) is 0.416. The van der Waals surface area contributed by atoms with Crippen LogP contribution in [-0.2, 0) is 14.4 Å². The number of hydrogen-bond donors (Lipinski definition) is 4. The Morgan fingerprint density at radius 3 is 2.58 bits per heavy atom. The fourth-order valence-electron chi connectivity index (χ4n) is 2.95. The average Bonchev–Trinajstić information content (AvgIpc) is 2.86. The summed E-state index contributed by atoms with van der Waals surface area (Å²) < 4.78 is 0. The van der Waals surface area contributed by atoms with Crippen LogP contribution in [0.4, 0.5) is 0 Å². The molecule has 0 aromatic heterocycles. The lowest BCUT2D eigenvalue weighted by molar-refractivity contribution is -0.152. The Morgan fingerprint density at radius 2 is 2.04 bits per heavy atom. The number of hydrogen-bond acceptors (Lipinski definition) is 5. The molecule has 3 atom stereocenters. The van der Waals surface area contributed by atoms with Gasteiger partial charge in [-0.3, -0.25) is 19.8 Å². The summed E-state index contributed by atoms with van der Waals surface area (Å²) in [6.07, 6.45) is 0.453. The third-order valence-electron chi connectivity index (χ3n) is 4.15. The second-order valence-corrected chi connectivity index (χ2v) is 6.33. The summed E-state index contributed by atoms with van der Waals surface area (Å²) in [5, 5.41) is 20.5. The summed E-state index contributed by atoms with van der Waals surface area (Å²) in [6.45, 7) is 1.66. The largest absolute Gasteiger partial charge is 0.481 e. The molecule has 8 nitrogen and oxygen atoms in total. The SMILES string of the molecule is C[C@H](CC(=O)O)NC(=O)C[C@@H]1C[C@H](c2ccc(C(=N)N)cc2)N(C)O1.Cl. The number of nitrogens with zero attached hydrogens (tertiary/aromatic N) is 1. The van der Waals surface area contributed by atoms with Gasteiger partial charge in [-0.15, -0.1) is 12.4 Å². The number of carbonyl (C=O) groups excluding carboxylic acids is 1. The first-order valence-corrected chi connectivity index (χ1v) is 8.11. The van der Waals surface area contributed by atoms with Crippen molar-refractivity contribution in [1.29, 1.82) is 5.41 Å². The van der Waals surface area contributed by atoms with E-state index in [4.69, 9.17) is 21.1 Å². The molecule has 0 saturated carbocycles. The second kappa shape index (κ2) is 9.51. The predicted octanol–water partition coefficient (Wildman–Crippen LogP) is 1.44. The van der Waals surface area contributed by atoms with E-state index in [9.17, 15) is 9.59 Å². The standard InChI is InChI=1S/C17H24N4O4.ClH/c1-10(7-16(23)24)20-15(22)9-13-8-14(21(2)25-13)11-3-5-12(6-4-11)17(18)19;/h3-6,10,13-14H,7-9H2,1-2H3,(H3,18,19)(H,20,22)(H,23,24);1H/t10-,13+,14-;/m1./s1. The molecule has 1 saturated heterocycles. The highest BCUT2D eigenvalue weighted by Gasteiger charge is 2.33. The Labute approximate surface area is 158 Å². The first-order chi connectivity index (χ1) is 11.8. The predicted molar refractivity (Wildman–Crippen MR) is 99.2 cm³/mol. The van der Waals surface area contributed by atoms with E-state index in [2.05, 4.69) is 5.32 Å². The number of nitrogen functional groups attached to an aromatic ring is 1.